The molecule has 1 aromatic rings. The van der Waals surface area contributed by atoms with Crippen LogP contribution in [-0.4, -0.2) is 32.1 Å². The van der Waals surface area contributed by atoms with Crippen LogP contribution in [0.3, 0.4) is 0 Å². The maximum absolute atomic E-state index is 10.9. The Labute approximate surface area is 105 Å². The SMILES string of the molecule is COC(=O)NN=C(C)c1ccc2c(c1)OCCO2. The lowest BCUT2D eigenvalue weighted by Crippen LogP contribution is -2.19. The van der Waals surface area contributed by atoms with Gasteiger partial charge in [0.05, 0.1) is 12.8 Å². The van der Waals surface area contributed by atoms with E-state index in [1.54, 1.807) is 6.92 Å². The summed E-state index contributed by atoms with van der Waals surface area (Å²) in [5.74, 6) is 1.41. The Kier molecular flexibility index (Phi) is 3.66. The lowest BCUT2D eigenvalue weighted by Gasteiger charge is -2.18. The first-order chi connectivity index (χ1) is 8.70. The fourth-order valence-electron chi connectivity index (χ4n) is 1.51. The number of carbonyl (C=O) groups excluding carboxylic acids is 1. The maximum Gasteiger partial charge on any atom is 0.427 e. The van der Waals surface area contributed by atoms with Crippen LogP contribution in [-0.2, 0) is 4.74 Å². The lowest BCUT2D eigenvalue weighted by molar-refractivity contribution is 0.171. The van der Waals surface area contributed by atoms with Crippen molar-refractivity contribution in [3.8, 4) is 11.5 Å². The van der Waals surface area contributed by atoms with Gasteiger partial charge in [-0.25, -0.2) is 10.2 Å². The van der Waals surface area contributed by atoms with Crippen LogP contribution in [0.25, 0.3) is 0 Å². The first-order valence-corrected chi connectivity index (χ1v) is 5.49. The number of fused-ring (bicyclic) bond motifs is 1. The van der Waals surface area contributed by atoms with E-state index in [-0.39, 0.29) is 0 Å². The fourth-order valence-corrected chi connectivity index (χ4v) is 1.51. The third-order valence-electron chi connectivity index (χ3n) is 2.46. The second kappa shape index (κ2) is 5.39. The van der Waals surface area contributed by atoms with Gasteiger partial charge in [0, 0.05) is 5.56 Å². The number of hydrazone groups is 1. The molecule has 1 N–H and O–H groups in total. The molecule has 0 saturated carbocycles. The molecule has 6 nitrogen and oxygen atoms in total. The number of carbonyl (C=O) groups is 1. The van der Waals surface area contributed by atoms with E-state index < -0.39 is 6.09 Å². The van der Waals surface area contributed by atoms with Crippen LogP contribution in [0.4, 0.5) is 4.79 Å². The lowest BCUT2D eigenvalue weighted by atomic mass is 10.1. The summed E-state index contributed by atoms with van der Waals surface area (Å²) in [6.45, 7) is 2.87. The molecule has 6 heteroatoms. The van der Waals surface area contributed by atoms with Crippen molar-refractivity contribution >= 4 is 11.8 Å². The minimum Gasteiger partial charge on any atom is -0.486 e. The van der Waals surface area contributed by atoms with Crippen molar-refractivity contribution in [2.24, 2.45) is 5.10 Å². The van der Waals surface area contributed by atoms with Gasteiger partial charge in [-0.05, 0) is 25.1 Å². The van der Waals surface area contributed by atoms with Crippen molar-refractivity contribution in [3.63, 3.8) is 0 Å². The Morgan fingerprint density at radius 1 is 1.33 bits per heavy atom. The van der Waals surface area contributed by atoms with Crippen molar-refractivity contribution in [2.45, 2.75) is 6.92 Å². The van der Waals surface area contributed by atoms with Crippen LogP contribution in [0.1, 0.15) is 12.5 Å². The number of hydrogen-bond acceptors (Lipinski definition) is 5. The number of methoxy groups -OCH3 is 1. The van der Waals surface area contributed by atoms with Gasteiger partial charge in [-0.15, -0.1) is 0 Å². The maximum atomic E-state index is 10.9. The van der Waals surface area contributed by atoms with E-state index in [0.717, 1.165) is 11.3 Å². The van der Waals surface area contributed by atoms with Gasteiger partial charge in [-0.2, -0.15) is 5.10 Å². The highest BCUT2D eigenvalue weighted by molar-refractivity contribution is 5.99. The molecule has 96 valence electrons. The van der Waals surface area contributed by atoms with E-state index >= 15 is 0 Å². The van der Waals surface area contributed by atoms with Gasteiger partial charge in [0.1, 0.15) is 13.2 Å². The van der Waals surface area contributed by atoms with E-state index in [4.69, 9.17) is 9.47 Å². The van der Waals surface area contributed by atoms with E-state index in [9.17, 15) is 4.79 Å². The molecule has 0 aromatic heterocycles. The molecule has 0 fully saturated rings. The normalized spacial score (nSPS) is 14.0. The highest BCUT2D eigenvalue weighted by Crippen LogP contribution is 2.30. The Balaban J connectivity index is 2.15. The summed E-state index contributed by atoms with van der Waals surface area (Å²) in [6, 6.07) is 5.50. The summed E-state index contributed by atoms with van der Waals surface area (Å²) in [6.07, 6.45) is -0.605. The molecule has 1 aliphatic heterocycles. The molecular formula is C12H14N2O4. The van der Waals surface area contributed by atoms with E-state index in [1.807, 2.05) is 18.2 Å². The molecule has 0 unspecified atom stereocenters. The monoisotopic (exact) mass is 250 g/mol. The molecule has 0 aliphatic carbocycles. The molecule has 0 radical (unpaired) electrons. The summed E-state index contributed by atoms with van der Waals surface area (Å²) < 4.78 is 15.3. The summed E-state index contributed by atoms with van der Waals surface area (Å²) in [4.78, 5) is 10.9. The number of hydrogen-bond donors (Lipinski definition) is 1. The molecule has 18 heavy (non-hydrogen) atoms. The van der Waals surface area contributed by atoms with Crippen molar-refractivity contribution in [3.05, 3.63) is 23.8 Å². The molecule has 0 spiro atoms. The Hall–Kier alpha value is -2.24. The van der Waals surface area contributed by atoms with Gasteiger partial charge >= 0.3 is 6.09 Å². The first kappa shape index (κ1) is 12.2. The largest absolute Gasteiger partial charge is 0.486 e. The predicted octanol–water partition coefficient (Wildman–Crippen LogP) is 1.54. The zero-order valence-electron chi connectivity index (χ0n) is 10.2. The summed E-state index contributed by atoms with van der Waals surface area (Å²) >= 11 is 0. The second-order valence-electron chi connectivity index (χ2n) is 3.66. The average Bonchev–Trinajstić information content (AvgIpc) is 2.43. The Bertz CT molecular complexity index is 485. The van der Waals surface area contributed by atoms with E-state index in [2.05, 4.69) is 15.3 Å². The third kappa shape index (κ3) is 2.71. The highest BCUT2D eigenvalue weighted by Gasteiger charge is 2.12. The van der Waals surface area contributed by atoms with Gasteiger partial charge in [0.15, 0.2) is 11.5 Å². The van der Waals surface area contributed by atoms with Gasteiger partial charge in [0.2, 0.25) is 0 Å². The van der Waals surface area contributed by atoms with Crippen LogP contribution >= 0.6 is 0 Å². The van der Waals surface area contributed by atoms with Crippen molar-refractivity contribution < 1.29 is 19.0 Å². The zero-order valence-corrected chi connectivity index (χ0v) is 10.2. The molecule has 2 rings (SSSR count). The van der Waals surface area contributed by atoms with E-state index in [0.29, 0.717) is 24.7 Å². The molecular weight excluding hydrogens is 236 g/mol. The van der Waals surface area contributed by atoms with Crippen LogP contribution in [0, 0.1) is 0 Å². The summed E-state index contributed by atoms with van der Waals surface area (Å²) in [5, 5.41) is 3.91. The quantitative estimate of drug-likeness (QED) is 0.638. The van der Waals surface area contributed by atoms with Crippen LogP contribution in [0.2, 0.25) is 0 Å². The molecule has 0 saturated heterocycles. The standard InChI is InChI=1S/C12H14N2O4/c1-8(13-14-12(15)16-2)9-3-4-10-11(7-9)18-6-5-17-10/h3-4,7H,5-6H2,1-2H3,(H,14,15). The third-order valence-corrected chi connectivity index (χ3v) is 2.46. The summed E-state index contributed by atoms with van der Waals surface area (Å²) in [5.41, 5.74) is 3.76. The van der Waals surface area contributed by atoms with Crippen molar-refractivity contribution in [2.75, 3.05) is 20.3 Å². The first-order valence-electron chi connectivity index (χ1n) is 5.49. The van der Waals surface area contributed by atoms with Gasteiger partial charge in [-0.1, -0.05) is 0 Å². The topological polar surface area (TPSA) is 69.2 Å². The number of nitrogens with one attached hydrogen (secondary N) is 1. The molecule has 0 atom stereocenters. The van der Waals surface area contributed by atoms with Crippen molar-refractivity contribution in [1.82, 2.24) is 5.43 Å². The van der Waals surface area contributed by atoms with Crippen molar-refractivity contribution in [1.29, 1.82) is 0 Å². The number of nitrogens with zero attached hydrogens (tertiary/aromatic N) is 1. The zero-order chi connectivity index (χ0) is 13.0. The minimum atomic E-state index is -0.605. The number of ether oxygens (including phenoxy) is 3. The molecule has 1 heterocycles. The van der Waals surface area contributed by atoms with Crippen LogP contribution in [0.5, 0.6) is 11.5 Å². The number of benzene rings is 1. The number of amides is 1. The smallest absolute Gasteiger partial charge is 0.427 e. The second-order valence-corrected chi connectivity index (χ2v) is 3.66. The minimum absolute atomic E-state index is 0.535. The van der Waals surface area contributed by atoms with Gasteiger partial charge < -0.3 is 14.2 Å². The highest BCUT2D eigenvalue weighted by atomic mass is 16.6. The van der Waals surface area contributed by atoms with E-state index in [1.165, 1.54) is 7.11 Å². The van der Waals surface area contributed by atoms with Crippen LogP contribution < -0.4 is 14.9 Å². The molecule has 0 bridgehead atoms. The molecule has 1 amide bonds. The average molecular weight is 250 g/mol. The Morgan fingerprint density at radius 2 is 2.06 bits per heavy atom. The van der Waals surface area contributed by atoms with Crippen LogP contribution in [0.15, 0.2) is 23.3 Å². The fraction of sp³-hybridized carbons (Fsp3) is 0.333. The Morgan fingerprint density at radius 3 is 2.78 bits per heavy atom. The van der Waals surface area contributed by atoms with Gasteiger partial charge in [0.25, 0.3) is 0 Å². The number of rotatable bonds is 2. The molecule has 1 aliphatic rings. The predicted molar refractivity (Wildman–Crippen MR) is 65.2 cm³/mol. The molecule has 1 aromatic carbocycles. The summed E-state index contributed by atoms with van der Waals surface area (Å²) in [7, 11) is 1.28. The van der Waals surface area contributed by atoms with Gasteiger partial charge in [-0.3, -0.25) is 0 Å².